The van der Waals surface area contributed by atoms with E-state index < -0.39 is 37.8 Å². The number of anilines is 2. The van der Waals surface area contributed by atoms with E-state index in [0.29, 0.717) is 10.6 Å². The third kappa shape index (κ3) is 5.14. The Morgan fingerprint density at radius 3 is 2.69 bits per heavy atom. The average molecular weight is 535 g/mol. The van der Waals surface area contributed by atoms with Gasteiger partial charge in [0.15, 0.2) is 10.7 Å². The summed E-state index contributed by atoms with van der Waals surface area (Å²) in [6, 6.07) is 2.88. The lowest BCUT2D eigenvalue weighted by atomic mass is 10.1. The third-order valence-electron chi connectivity index (χ3n) is 4.40. The smallest absolute Gasteiger partial charge is 0.267 e. The van der Waals surface area contributed by atoms with Crippen LogP contribution in [0.25, 0.3) is 10.6 Å². The summed E-state index contributed by atoms with van der Waals surface area (Å²) in [7, 11) is -3.20. The molecule has 178 valence electrons. The zero-order valence-electron chi connectivity index (χ0n) is 17.6. The fraction of sp³-hybridized carbons (Fsp3) is 0.0476. The topological polar surface area (TPSA) is 133 Å². The van der Waals surface area contributed by atoms with Crippen LogP contribution in [0.5, 0.6) is 5.88 Å². The molecule has 0 fully saturated rings. The van der Waals surface area contributed by atoms with Crippen molar-refractivity contribution in [2.45, 2.75) is 4.90 Å². The molecule has 1 aromatic carbocycles. The molecule has 0 aliphatic heterocycles. The Bertz CT molecular complexity index is 1590. The van der Waals surface area contributed by atoms with Crippen LogP contribution in [0.15, 0.2) is 47.2 Å². The summed E-state index contributed by atoms with van der Waals surface area (Å²) < 4.78 is 62.3. The zero-order valence-corrected chi connectivity index (χ0v) is 20.0. The van der Waals surface area contributed by atoms with E-state index in [1.807, 2.05) is 4.72 Å². The summed E-state index contributed by atoms with van der Waals surface area (Å²) in [5, 5.41) is 0.0137. The Balaban J connectivity index is 1.74. The van der Waals surface area contributed by atoms with Crippen LogP contribution in [0.1, 0.15) is 11.1 Å². The van der Waals surface area contributed by atoms with E-state index >= 15 is 4.39 Å². The van der Waals surface area contributed by atoms with Crippen molar-refractivity contribution in [3.63, 3.8) is 0 Å². The summed E-state index contributed by atoms with van der Waals surface area (Å²) in [6.45, 7) is 0. The molecular weight excluding hydrogens is 522 g/mol. The van der Waals surface area contributed by atoms with Gasteiger partial charge in [0.05, 0.1) is 39.3 Å². The Morgan fingerprint density at radius 1 is 1.17 bits per heavy atom. The number of hydrogen-bond donors (Lipinski definition) is 2. The van der Waals surface area contributed by atoms with Crippen molar-refractivity contribution >= 4 is 44.6 Å². The van der Waals surface area contributed by atoms with Crippen LogP contribution < -0.4 is 15.2 Å². The first-order valence-corrected chi connectivity index (χ1v) is 12.2. The zero-order chi connectivity index (χ0) is 25.2. The number of rotatable bonds is 5. The minimum Gasteiger partial charge on any atom is -0.480 e. The lowest BCUT2D eigenvalue weighted by Crippen LogP contribution is -2.16. The number of nitrogen functional groups attached to an aromatic ring is 1. The lowest BCUT2D eigenvalue weighted by molar-refractivity contribution is 0.385. The number of ether oxygens (including phenoxy) is 1. The molecule has 0 unspecified atom stereocenters. The molecule has 3 heterocycles. The molecule has 0 saturated heterocycles. The van der Waals surface area contributed by atoms with Crippen molar-refractivity contribution in [2.24, 2.45) is 0 Å². The number of aromatic nitrogens is 4. The number of benzene rings is 1. The predicted octanol–water partition coefficient (Wildman–Crippen LogP) is 3.72. The summed E-state index contributed by atoms with van der Waals surface area (Å²) >= 11 is 7.11. The molecule has 3 N–H and O–H groups in total. The Labute approximate surface area is 207 Å². The molecular formula is C21H13ClF2N6O3S2. The summed E-state index contributed by atoms with van der Waals surface area (Å²) in [5.74, 6) is 2.49. The number of methoxy groups -OCH3 is 1. The summed E-state index contributed by atoms with van der Waals surface area (Å²) in [4.78, 5) is 15.9. The van der Waals surface area contributed by atoms with Gasteiger partial charge in [-0.1, -0.05) is 23.4 Å². The van der Waals surface area contributed by atoms with Gasteiger partial charge in [-0.05, 0) is 18.2 Å². The van der Waals surface area contributed by atoms with Crippen molar-refractivity contribution in [3.8, 4) is 28.3 Å². The van der Waals surface area contributed by atoms with Gasteiger partial charge in [0.25, 0.3) is 10.0 Å². The second-order valence-electron chi connectivity index (χ2n) is 6.66. The van der Waals surface area contributed by atoms with Crippen molar-refractivity contribution < 1.29 is 21.9 Å². The van der Waals surface area contributed by atoms with Crippen LogP contribution >= 0.6 is 22.9 Å². The largest absolute Gasteiger partial charge is 0.480 e. The van der Waals surface area contributed by atoms with Gasteiger partial charge < -0.3 is 10.5 Å². The first-order chi connectivity index (χ1) is 16.7. The SMILES string of the molecule is COc1ncc(Cl)cc1S(=O)(=O)Nc1ccc(F)c(C#Cc2cnc(N)nc2-c2cncs2)c1F. The van der Waals surface area contributed by atoms with E-state index in [4.69, 9.17) is 22.1 Å². The second-order valence-corrected chi connectivity index (χ2v) is 9.63. The molecule has 0 aliphatic carbocycles. The fourth-order valence-corrected chi connectivity index (χ4v) is 4.89. The Kier molecular flexibility index (Phi) is 6.79. The number of halogens is 3. The van der Waals surface area contributed by atoms with Crippen LogP contribution in [0.3, 0.4) is 0 Å². The van der Waals surface area contributed by atoms with Gasteiger partial charge >= 0.3 is 0 Å². The molecule has 0 spiro atoms. The quantitative estimate of drug-likeness (QED) is 0.370. The molecule has 0 amide bonds. The van der Waals surface area contributed by atoms with Crippen molar-refractivity contribution in [1.29, 1.82) is 0 Å². The lowest BCUT2D eigenvalue weighted by Gasteiger charge is -2.12. The van der Waals surface area contributed by atoms with Crippen molar-refractivity contribution in [2.75, 3.05) is 17.6 Å². The highest BCUT2D eigenvalue weighted by Gasteiger charge is 2.24. The number of sulfonamides is 1. The van der Waals surface area contributed by atoms with E-state index in [1.54, 1.807) is 5.51 Å². The Morgan fingerprint density at radius 2 is 1.97 bits per heavy atom. The Hall–Kier alpha value is -3.86. The molecule has 14 heteroatoms. The standard InChI is InChI=1S/C21H13ClF2N6O3S2/c1-33-20-17(6-12(22)8-27-20)35(31,32)30-15-5-4-14(23)13(18(15)24)3-2-11-7-28-21(25)29-19(11)16-9-26-10-34-16/h4-10,30H,1H3,(H2,25,28,29). The van der Waals surface area contributed by atoms with E-state index in [0.717, 1.165) is 18.2 Å². The molecule has 4 rings (SSSR count). The highest BCUT2D eigenvalue weighted by atomic mass is 35.5. The van der Waals surface area contributed by atoms with E-state index in [-0.39, 0.29) is 22.4 Å². The number of hydrogen-bond acceptors (Lipinski definition) is 9. The van der Waals surface area contributed by atoms with Gasteiger partial charge in [-0.25, -0.2) is 32.2 Å². The van der Waals surface area contributed by atoms with E-state index in [1.165, 1.54) is 37.0 Å². The molecule has 4 aromatic rings. The fourth-order valence-electron chi connectivity index (χ4n) is 2.84. The first-order valence-electron chi connectivity index (χ1n) is 9.43. The van der Waals surface area contributed by atoms with Gasteiger partial charge in [0, 0.05) is 18.6 Å². The number of nitrogens with zero attached hydrogens (tertiary/aromatic N) is 4. The van der Waals surface area contributed by atoms with Crippen molar-refractivity contribution in [3.05, 3.63) is 70.1 Å². The van der Waals surface area contributed by atoms with Gasteiger partial charge in [-0.15, -0.1) is 11.3 Å². The maximum absolute atomic E-state index is 15.2. The third-order valence-corrected chi connectivity index (χ3v) is 6.75. The van der Waals surface area contributed by atoms with E-state index in [2.05, 4.69) is 31.8 Å². The normalized spacial score (nSPS) is 11.0. The number of thiazole rings is 1. The highest BCUT2D eigenvalue weighted by molar-refractivity contribution is 7.92. The minimum atomic E-state index is -4.41. The highest BCUT2D eigenvalue weighted by Crippen LogP contribution is 2.29. The number of nitrogens with one attached hydrogen (secondary N) is 1. The van der Waals surface area contributed by atoms with Crippen molar-refractivity contribution in [1.82, 2.24) is 19.9 Å². The summed E-state index contributed by atoms with van der Waals surface area (Å²) in [6.07, 6.45) is 4.03. The predicted molar refractivity (Wildman–Crippen MR) is 126 cm³/mol. The first kappa shape index (κ1) is 24.3. The maximum Gasteiger partial charge on any atom is 0.267 e. The average Bonchev–Trinajstić information content (AvgIpc) is 3.36. The molecule has 35 heavy (non-hydrogen) atoms. The van der Waals surface area contributed by atoms with Crippen LogP contribution in [0.4, 0.5) is 20.4 Å². The second kappa shape index (κ2) is 9.79. The monoisotopic (exact) mass is 534 g/mol. The van der Waals surface area contributed by atoms with Crippen LogP contribution in [0, 0.1) is 23.5 Å². The number of nitrogens with two attached hydrogens (primary N) is 1. The van der Waals surface area contributed by atoms with Gasteiger partial charge in [0.1, 0.15) is 11.5 Å². The van der Waals surface area contributed by atoms with E-state index in [9.17, 15) is 12.8 Å². The molecule has 0 saturated carbocycles. The number of pyridine rings is 1. The van der Waals surface area contributed by atoms with Gasteiger partial charge in [-0.3, -0.25) is 9.71 Å². The summed E-state index contributed by atoms with van der Waals surface area (Å²) in [5.41, 5.74) is 6.58. The molecule has 0 atom stereocenters. The van der Waals surface area contributed by atoms with Crippen LogP contribution in [-0.4, -0.2) is 35.5 Å². The molecule has 0 bridgehead atoms. The molecule has 3 aromatic heterocycles. The molecule has 9 nitrogen and oxygen atoms in total. The van der Waals surface area contributed by atoms with Gasteiger partial charge in [-0.2, -0.15) is 0 Å². The minimum absolute atomic E-state index is 0.0137. The maximum atomic E-state index is 15.2. The van der Waals surface area contributed by atoms with Crippen LogP contribution in [-0.2, 0) is 10.0 Å². The van der Waals surface area contributed by atoms with Gasteiger partial charge in [0.2, 0.25) is 11.8 Å². The molecule has 0 aliphatic rings. The molecule has 0 radical (unpaired) electrons. The van der Waals surface area contributed by atoms with Crippen LogP contribution in [0.2, 0.25) is 5.02 Å².